The number of hydrogen-bond donors (Lipinski definition) is 2. The predicted octanol–water partition coefficient (Wildman–Crippen LogP) is -0.255. The summed E-state index contributed by atoms with van der Waals surface area (Å²) >= 11 is 9.46. The highest BCUT2D eigenvalue weighted by molar-refractivity contribution is 7.81. The third kappa shape index (κ3) is 1.72. The molecule has 0 aliphatic carbocycles. The van der Waals surface area contributed by atoms with E-state index in [1.165, 1.54) is 12.4 Å². The molecule has 12 heavy (non-hydrogen) atoms. The van der Waals surface area contributed by atoms with Gasteiger partial charge in [0.1, 0.15) is 21.4 Å². The molecule has 0 aliphatic rings. The van der Waals surface area contributed by atoms with Crippen LogP contribution in [0.3, 0.4) is 0 Å². The second kappa shape index (κ2) is 3.51. The summed E-state index contributed by atoms with van der Waals surface area (Å²) in [5.41, 5.74) is 11.5. The molecule has 0 saturated heterocycles. The average molecular weight is 198 g/mol. The van der Waals surface area contributed by atoms with Crippen LogP contribution in [0.1, 0.15) is 11.4 Å². The Balaban J connectivity index is 3.27. The molecule has 0 bridgehead atoms. The molecule has 0 spiro atoms. The molecule has 1 rings (SSSR count). The van der Waals surface area contributed by atoms with Gasteiger partial charge in [0.05, 0.1) is 0 Å². The summed E-state index contributed by atoms with van der Waals surface area (Å²) in [6, 6.07) is 0. The van der Waals surface area contributed by atoms with Gasteiger partial charge in [0, 0.05) is 12.4 Å². The Labute approximate surface area is 80.0 Å². The molecule has 4 N–H and O–H groups in total. The fraction of sp³-hybridized carbons (Fsp3) is 0. The Morgan fingerprint density at radius 1 is 1.00 bits per heavy atom. The van der Waals surface area contributed by atoms with Crippen LogP contribution < -0.4 is 11.5 Å². The Morgan fingerprint density at radius 2 is 1.33 bits per heavy atom. The van der Waals surface area contributed by atoms with Crippen LogP contribution in [0, 0.1) is 0 Å². The molecular weight excluding hydrogens is 192 g/mol. The van der Waals surface area contributed by atoms with Crippen LogP contribution in [0.15, 0.2) is 12.4 Å². The summed E-state index contributed by atoms with van der Waals surface area (Å²) < 4.78 is 0. The van der Waals surface area contributed by atoms with Gasteiger partial charge in [-0.15, -0.1) is 0 Å². The monoisotopic (exact) mass is 198 g/mol. The van der Waals surface area contributed by atoms with E-state index in [1.807, 2.05) is 0 Å². The minimum atomic E-state index is 0.144. The number of rotatable bonds is 2. The second-order valence-electron chi connectivity index (χ2n) is 1.98. The first-order chi connectivity index (χ1) is 5.63. The molecule has 0 atom stereocenters. The maximum atomic E-state index is 5.37. The lowest BCUT2D eigenvalue weighted by Gasteiger charge is -2.02. The lowest BCUT2D eigenvalue weighted by Crippen LogP contribution is -2.21. The van der Waals surface area contributed by atoms with Crippen LogP contribution in [0.25, 0.3) is 0 Å². The Hall–Kier alpha value is -1.14. The molecule has 1 aromatic rings. The van der Waals surface area contributed by atoms with Crippen LogP contribution in [-0.2, 0) is 0 Å². The number of hydrogen-bond acceptors (Lipinski definition) is 4. The third-order valence-corrected chi connectivity index (χ3v) is 1.55. The minimum Gasteiger partial charge on any atom is -0.388 e. The van der Waals surface area contributed by atoms with Gasteiger partial charge >= 0.3 is 0 Å². The Bertz CT molecular complexity index is 303. The normalized spacial score (nSPS) is 9.33. The molecule has 4 nitrogen and oxygen atoms in total. The molecule has 0 fully saturated rings. The zero-order chi connectivity index (χ0) is 9.14. The number of thiocarbonyl (C=S) groups is 2. The van der Waals surface area contributed by atoms with Gasteiger partial charge in [-0.2, -0.15) is 0 Å². The smallest absolute Gasteiger partial charge is 0.126 e. The van der Waals surface area contributed by atoms with Gasteiger partial charge in [-0.25, -0.2) is 9.97 Å². The molecule has 0 unspecified atom stereocenters. The highest BCUT2D eigenvalue weighted by atomic mass is 32.1. The summed E-state index contributed by atoms with van der Waals surface area (Å²) in [6.45, 7) is 0. The maximum absolute atomic E-state index is 5.37. The maximum Gasteiger partial charge on any atom is 0.126 e. The van der Waals surface area contributed by atoms with Crippen molar-refractivity contribution in [1.29, 1.82) is 0 Å². The van der Waals surface area contributed by atoms with Crippen LogP contribution in [0.5, 0.6) is 0 Å². The molecule has 1 heterocycles. The number of nitrogens with two attached hydrogens (primary N) is 2. The van der Waals surface area contributed by atoms with Crippen LogP contribution in [-0.4, -0.2) is 19.9 Å². The topological polar surface area (TPSA) is 77.8 Å². The SMILES string of the molecule is NC(=S)c1nccnc1C(N)=S. The van der Waals surface area contributed by atoms with Crippen molar-refractivity contribution in [2.24, 2.45) is 11.5 Å². The first-order valence-corrected chi connectivity index (χ1v) is 3.85. The zero-order valence-electron chi connectivity index (χ0n) is 6.02. The predicted molar refractivity (Wildman–Crippen MR) is 53.8 cm³/mol. The fourth-order valence-corrected chi connectivity index (χ4v) is 0.997. The van der Waals surface area contributed by atoms with Gasteiger partial charge in [-0.3, -0.25) is 0 Å². The number of nitrogens with zero attached hydrogens (tertiary/aromatic N) is 2. The third-order valence-electron chi connectivity index (χ3n) is 1.17. The van der Waals surface area contributed by atoms with Crippen molar-refractivity contribution in [1.82, 2.24) is 9.97 Å². The van der Waals surface area contributed by atoms with Gasteiger partial charge in [0.25, 0.3) is 0 Å². The van der Waals surface area contributed by atoms with E-state index in [0.717, 1.165) is 0 Å². The quantitative estimate of drug-likeness (QED) is 0.638. The Morgan fingerprint density at radius 3 is 1.58 bits per heavy atom. The van der Waals surface area contributed by atoms with Gasteiger partial charge < -0.3 is 11.5 Å². The molecule has 6 heteroatoms. The zero-order valence-corrected chi connectivity index (χ0v) is 7.65. The molecule has 1 aromatic heterocycles. The molecule has 0 amide bonds. The second-order valence-corrected chi connectivity index (χ2v) is 2.86. The first-order valence-electron chi connectivity index (χ1n) is 3.03. The van der Waals surface area contributed by atoms with Gasteiger partial charge in [-0.1, -0.05) is 24.4 Å². The van der Waals surface area contributed by atoms with Crippen LogP contribution >= 0.6 is 24.4 Å². The van der Waals surface area contributed by atoms with Crippen molar-refractivity contribution in [2.75, 3.05) is 0 Å². The van der Waals surface area contributed by atoms with E-state index in [-0.39, 0.29) is 9.98 Å². The lowest BCUT2D eigenvalue weighted by atomic mass is 10.3. The van der Waals surface area contributed by atoms with Gasteiger partial charge in [0.2, 0.25) is 0 Å². The van der Waals surface area contributed by atoms with Crippen molar-refractivity contribution in [2.45, 2.75) is 0 Å². The fourth-order valence-electron chi connectivity index (χ4n) is 0.699. The number of aromatic nitrogens is 2. The van der Waals surface area contributed by atoms with Crippen molar-refractivity contribution < 1.29 is 0 Å². The molecule has 62 valence electrons. The first kappa shape index (κ1) is 8.95. The standard InChI is InChI=1S/C6H6N4S2/c7-5(11)3-4(6(8)12)10-2-1-9-3/h1-2H,(H2,7,11)(H2,8,12). The summed E-state index contributed by atoms with van der Waals surface area (Å²) in [4.78, 5) is 8.10. The minimum absolute atomic E-state index is 0.144. The lowest BCUT2D eigenvalue weighted by molar-refractivity contribution is 1.16. The summed E-state index contributed by atoms with van der Waals surface area (Å²) in [7, 11) is 0. The van der Waals surface area contributed by atoms with E-state index in [4.69, 9.17) is 35.9 Å². The summed E-state index contributed by atoms with van der Waals surface area (Å²) in [6.07, 6.45) is 2.96. The molecule has 0 aliphatic heterocycles. The van der Waals surface area contributed by atoms with E-state index in [2.05, 4.69) is 9.97 Å². The summed E-state index contributed by atoms with van der Waals surface area (Å²) in [5.74, 6) is 0. The van der Waals surface area contributed by atoms with E-state index in [1.54, 1.807) is 0 Å². The van der Waals surface area contributed by atoms with Crippen LogP contribution in [0.2, 0.25) is 0 Å². The Kier molecular flexibility index (Phi) is 2.61. The highest BCUT2D eigenvalue weighted by Gasteiger charge is 2.08. The molecule has 0 saturated carbocycles. The highest BCUT2D eigenvalue weighted by Crippen LogP contribution is 2.00. The summed E-state index contributed by atoms with van der Waals surface area (Å²) in [5, 5.41) is 0. The average Bonchev–Trinajstić information content (AvgIpc) is 2.04. The van der Waals surface area contributed by atoms with E-state index in [9.17, 15) is 0 Å². The van der Waals surface area contributed by atoms with Crippen LogP contribution in [0.4, 0.5) is 0 Å². The van der Waals surface area contributed by atoms with Crippen molar-refractivity contribution in [3.05, 3.63) is 23.8 Å². The van der Waals surface area contributed by atoms with Gasteiger partial charge in [0.15, 0.2) is 0 Å². The van der Waals surface area contributed by atoms with Crippen molar-refractivity contribution in [3.63, 3.8) is 0 Å². The largest absolute Gasteiger partial charge is 0.388 e. The molecular formula is C6H6N4S2. The molecule has 0 aromatic carbocycles. The van der Waals surface area contributed by atoms with E-state index < -0.39 is 0 Å². The van der Waals surface area contributed by atoms with Crippen molar-refractivity contribution in [3.8, 4) is 0 Å². The molecule has 0 radical (unpaired) electrons. The van der Waals surface area contributed by atoms with E-state index >= 15 is 0 Å². The van der Waals surface area contributed by atoms with Crippen molar-refractivity contribution >= 4 is 34.4 Å². The van der Waals surface area contributed by atoms with E-state index in [0.29, 0.717) is 11.4 Å². The van der Waals surface area contributed by atoms with Gasteiger partial charge in [-0.05, 0) is 0 Å².